The van der Waals surface area contributed by atoms with E-state index in [4.69, 9.17) is 9.47 Å². The molecule has 0 amide bonds. The van der Waals surface area contributed by atoms with Crippen LogP contribution < -0.4 is 14.8 Å². The van der Waals surface area contributed by atoms with Crippen molar-refractivity contribution < 1.29 is 9.47 Å². The van der Waals surface area contributed by atoms with Crippen LogP contribution in [0.25, 0.3) is 0 Å². The van der Waals surface area contributed by atoms with Crippen molar-refractivity contribution in [2.45, 2.75) is 39.3 Å². The standard InChI is InChI=1S/C20H26BrNO2.ClH/c1-4-24-19-13-17(12-18(21)20(19)23-3)14-22-15(2)10-11-16-8-6-5-7-9-16;/h5-9,12-13,15,22H,4,10-11,14H2,1-3H3;1H. The predicted octanol–water partition coefficient (Wildman–Crippen LogP) is 5.39. The fourth-order valence-corrected chi connectivity index (χ4v) is 3.26. The molecule has 1 atom stereocenters. The van der Waals surface area contributed by atoms with E-state index in [0.717, 1.165) is 35.4 Å². The van der Waals surface area contributed by atoms with Gasteiger partial charge in [-0.15, -0.1) is 12.4 Å². The van der Waals surface area contributed by atoms with Crippen LogP contribution in [0.5, 0.6) is 11.5 Å². The van der Waals surface area contributed by atoms with Gasteiger partial charge in [-0.2, -0.15) is 0 Å². The smallest absolute Gasteiger partial charge is 0.174 e. The summed E-state index contributed by atoms with van der Waals surface area (Å²) in [6, 6.07) is 15.2. The van der Waals surface area contributed by atoms with Crippen molar-refractivity contribution in [3.8, 4) is 11.5 Å². The van der Waals surface area contributed by atoms with Gasteiger partial charge in [0.15, 0.2) is 11.5 Å². The normalized spacial score (nSPS) is 11.5. The Morgan fingerprint density at radius 1 is 1.12 bits per heavy atom. The van der Waals surface area contributed by atoms with E-state index in [2.05, 4.69) is 64.6 Å². The molecule has 0 aliphatic heterocycles. The van der Waals surface area contributed by atoms with Gasteiger partial charge < -0.3 is 14.8 Å². The highest BCUT2D eigenvalue weighted by Gasteiger charge is 2.11. The third kappa shape index (κ3) is 6.89. The molecule has 0 spiro atoms. The van der Waals surface area contributed by atoms with E-state index in [1.54, 1.807) is 7.11 Å². The van der Waals surface area contributed by atoms with Gasteiger partial charge in [-0.05, 0) is 65.9 Å². The van der Waals surface area contributed by atoms with E-state index in [9.17, 15) is 0 Å². The summed E-state index contributed by atoms with van der Waals surface area (Å²) in [5.41, 5.74) is 2.56. The zero-order valence-corrected chi connectivity index (χ0v) is 17.5. The van der Waals surface area contributed by atoms with Crippen LogP contribution in [-0.2, 0) is 13.0 Å². The second-order valence-corrected chi connectivity index (χ2v) is 6.70. The Balaban J connectivity index is 0.00000312. The molecule has 25 heavy (non-hydrogen) atoms. The number of nitrogens with one attached hydrogen (secondary N) is 1. The van der Waals surface area contributed by atoms with Crippen LogP contribution in [0.15, 0.2) is 46.9 Å². The molecule has 0 aromatic heterocycles. The van der Waals surface area contributed by atoms with Crippen LogP contribution in [0.3, 0.4) is 0 Å². The average molecular weight is 429 g/mol. The summed E-state index contributed by atoms with van der Waals surface area (Å²) in [6.45, 7) is 5.63. The van der Waals surface area contributed by atoms with Gasteiger partial charge in [0, 0.05) is 12.6 Å². The second-order valence-electron chi connectivity index (χ2n) is 5.85. The molecule has 0 heterocycles. The van der Waals surface area contributed by atoms with E-state index >= 15 is 0 Å². The number of aryl methyl sites for hydroxylation is 1. The van der Waals surface area contributed by atoms with Crippen molar-refractivity contribution in [3.63, 3.8) is 0 Å². The number of ether oxygens (including phenoxy) is 2. The molecule has 0 saturated heterocycles. The zero-order valence-electron chi connectivity index (χ0n) is 15.0. The molecule has 2 aromatic rings. The quantitative estimate of drug-likeness (QED) is 0.581. The lowest BCUT2D eigenvalue weighted by molar-refractivity contribution is 0.309. The van der Waals surface area contributed by atoms with Gasteiger partial charge in [-0.25, -0.2) is 0 Å². The maximum Gasteiger partial charge on any atom is 0.174 e. The summed E-state index contributed by atoms with van der Waals surface area (Å²) in [4.78, 5) is 0. The molecular weight excluding hydrogens is 402 g/mol. The third-order valence-electron chi connectivity index (χ3n) is 3.94. The van der Waals surface area contributed by atoms with Crippen molar-refractivity contribution in [1.82, 2.24) is 5.32 Å². The Morgan fingerprint density at radius 2 is 1.84 bits per heavy atom. The van der Waals surface area contributed by atoms with Gasteiger partial charge in [0.2, 0.25) is 0 Å². The van der Waals surface area contributed by atoms with Gasteiger partial charge in [0.1, 0.15) is 0 Å². The predicted molar refractivity (Wildman–Crippen MR) is 110 cm³/mol. The maximum atomic E-state index is 5.68. The van der Waals surface area contributed by atoms with E-state index in [1.807, 2.05) is 13.0 Å². The first-order valence-corrected chi connectivity index (χ1v) is 9.19. The van der Waals surface area contributed by atoms with E-state index in [-0.39, 0.29) is 12.4 Å². The number of halogens is 2. The van der Waals surface area contributed by atoms with Crippen molar-refractivity contribution in [2.24, 2.45) is 0 Å². The van der Waals surface area contributed by atoms with Crippen molar-refractivity contribution >= 4 is 28.3 Å². The molecule has 0 saturated carbocycles. The molecule has 5 heteroatoms. The van der Waals surface area contributed by atoms with Crippen LogP contribution in [0.1, 0.15) is 31.4 Å². The van der Waals surface area contributed by atoms with Gasteiger partial charge in [0.05, 0.1) is 18.2 Å². The fourth-order valence-electron chi connectivity index (χ4n) is 2.61. The largest absolute Gasteiger partial charge is 0.492 e. The van der Waals surface area contributed by atoms with E-state index in [1.165, 1.54) is 11.1 Å². The lowest BCUT2D eigenvalue weighted by Crippen LogP contribution is -2.26. The molecule has 2 rings (SSSR count). The summed E-state index contributed by atoms with van der Waals surface area (Å²) in [6.07, 6.45) is 2.20. The summed E-state index contributed by atoms with van der Waals surface area (Å²) in [5.74, 6) is 1.53. The molecule has 0 fully saturated rings. The van der Waals surface area contributed by atoms with Crippen molar-refractivity contribution in [1.29, 1.82) is 0 Å². The molecule has 0 bridgehead atoms. The lowest BCUT2D eigenvalue weighted by Gasteiger charge is -2.16. The first kappa shape index (κ1) is 21.8. The van der Waals surface area contributed by atoms with Gasteiger partial charge in [-0.1, -0.05) is 30.3 Å². The highest BCUT2D eigenvalue weighted by molar-refractivity contribution is 9.10. The molecular formula is C20H27BrClNO2. The molecule has 0 aliphatic rings. The highest BCUT2D eigenvalue weighted by atomic mass is 79.9. The Kier molecular flexibility index (Phi) is 9.94. The Bertz CT molecular complexity index is 637. The van der Waals surface area contributed by atoms with E-state index < -0.39 is 0 Å². The van der Waals surface area contributed by atoms with Gasteiger partial charge in [0.25, 0.3) is 0 Å². The molecule has 0 aliphatic carbocycles. The molecule has 2 aromatic carbocycles. The summed E-state index contributed by atoms with van der Waals surface area (Å²) in [7, 11) is 1.66. The monoisotopic (exact) mass is 427 g/mol. The van der Waals surface area contributed by atoms with Crippen LogP contribution >= 0.6 is 28.3 Å². The van der Waals surface area contributed by atoms with Crippen LogP contribution in [0.2, 0.25) is 0 Å². The number of hydrogen-bond donors (Lipinski definition) is 1. The second kappa shape index (κ2) is 11.4. The molecule has 0 radical (unpaired) electrons. The third-order valence-corrected chi connectivity index (χ3v) is 4.53. The number of methoxy groups -OCH3 is 1. The van der Waals surface area contributed by atoms with Crippen LogP contribution in [0.4, 0.5) is 0 Å². The van der Waals surface area contributed by atoms with Crippen LogP contribution in [0, 0.1) is 0 Å². The van der Waals surface area contributed by atoms with Gasteiger partial charge >= 0.3 is 0 Å². The Hall–Kier alpha value is -1.23. The minimum absolute atomic E-state index is 0. The zero-order chi connectivity index (χ0) is 17.4. The lowest BCUT2D eigenvalue weighted by atomic mass is 10.1. The molecule has 1 unspecified atom stereocenters. The minimum Gasteiger partial charge on any atom is -0.492 e. The average Bonchev–Trinajstić information content (AvgIpc) is 2.59. The molecule has 3 nitrogen and oxygen atoms in total. The first-order chi connectivity index (χ1) is 11.6. The first-order valence-electron chi connectivity index (χ1n) is 8.40. The maximum absolute atomic E-state index is 5.68. The fraction of sp³-hybridized carbons (Fsp3) is 0.400. The summed E-state index contributed by atoms with van der Waals surface area (Å²) in [5, 5.41) is 3.59. The Morgan fingerprint density at radius 3 is 2.48 bits per heavy atom. The number of rotatable bonds is 9. The number of benzene rings is 2. The Labute approximate surface area is 165 Å². The molecule has 138 valence electrons. The van der Waals surface area contributed by atoms with Crippen molar-refractivity contribution in [2.75, 3.05) is 13.7 Å². The summed E-state index contributed by atoms with van der Waals surface area (Å²) < 4.78 is 12.0. The van der Waals surface area contributed by atoms with Crippen LogP contribution in [-0.4, -0.2) is 19.8 Å². The number of hydrogen-bond acceptors (Lipinski definition) is 3. The topological polar surface area (TPSA) is 30.5 Å². The SMILES string of the molecule is CCOc1cc(CNC(C)CCc2ccccc2)cc(Br)c1OC.Cl. The highest BCUT2D eigenvalue weighted by Crippen LogP contribution is 2.36. The van der Waals surface area contributed by atoms with Crippen molar-refractivity contribution in [3.05, 3.63) is 58.1 Å². The molecule has 1 N–H and O–H groups in total. The summed E-state index contributed by atoms with van der Waals surface area (Å²) >= 11 is 3.56. The van der Waals surface area contributed by atoms with E-state index in [0.29, 0.717) is 12.6 Å². The minimum atomic E-state index is 0. The van der Waals surface area contributed by atoms with Gasteiger partial charge in [-0.3, -0.25) is 0 Å².